The maximum atomic E-state index is 6.17. The van der Waals surface area contributed by atoms with Crippen LogP contribution in [-0.4, -0.2) is 9.55 Å². The number of hydrogen-bond donors (Lipinski definition) is 1. The van der Waals surface area contributed by atoms with E-state index in [0.717, 1.165) is 33.2 Å². The van der Waals surface area contributed by atoms with Gasteiger partial charge in [0.2, 0.25) is 0 Å². The highest BCUT2D eigenvalue weighted by molar-refractivity contribution is 6.14. The van der Waals surface area contributed by atoms with Gasteiger partial charge in [0.15, 0.2) is 0 Å². The van der Waals surface area contributed by atoms with Gasteiger partial charge in [0.25, 0.3) is 0 Å². The fourth-order valence-electron chi connectivity index (χ4n) is 2.80. The van der Waals surface area contributed by atoms with Crippen LogP contribution >= 0.6 is 0 Å². The highest BCUT2D eigenvalue weighted by atomic mass is 15.0. The summed E-state index contributed by atoms with van der Waals surface area (Å²) < 4.78 is 2.22. The summed E-state index contributed by atoms with van der Waals surface area (Å²) in [4.78, 5) is 4.24. The molecule has 4 rings (SSSR count). The summed E-state index contributed by atoms with van der Waals surface area (Å²) in [6.45, 7) is 0. The van der Waals surface area contributed by atoms with Crippen LogP contribution in [0.3, 0.4) is 0 Å². The van der Waals surface area contributed by atoms with Gasteiger partial charge >= 0.3 is 0 Å². The quantitative estimate of drug-likeness (QED) is 0.529. The van der Waals surface area contributed by atoms with Crippen LogP contribution in [0.5, 0.6) is 0 Å². The molecule has 20 heavy (non-hydrogen) atoms. The molecule has 4 aromatic rings. The summed E-state index contributed by atoms with van der Waals surface area (Å²) in [6, 6.07) is 18.4. The molecule has 0 saturated heterocycles. The number of para-hydroxylation sites is 1. The van der Waals surface area contributed by atoms with Crippen LogP contribution in [0, 0.1) is 0 Å². The Bertz CT molecular complexity index is 907. The predicted molar refractivity (Wildman–Crippen MR) is 83.0 cm³/mol. The van der Waals surface area contributed by atoms with E-state index >= 15 is 0 Å². The Morgan fingerprint density at radius 2 is 1.70 bits per heavy atom. The Balaban J connectivity index is 2.26. The summed E-state index contributed by atoms with van der Waals surface area (Å²) in [5, 5.41) is 2.16. The van der Waals surface area contributed by atoms with E-state index in [1.807, 2.05) is 48.8 Å². The third-order valence-electron chi connectivity index (χ3n) is 3.64. The average Bonchev–Trinajstić information content (AvgIpc) is 2.84. The topological polar surface area (TPSA) is 43.8 Å². The van der Waals surface area contributed by atoms with Crippen molar-refractivity contribution in [2.45, 2.75) is 0 Å². The van der Waals surface area contributed by atoms with Crippen molar-refractivity contribution in [3.8, 4) is 5.69 Å². The SMILES string of the molecule is Nc1cccc2c1c1cnccc1n2-c1ccccc1. The minimum absolute atomic E-state index is 0.787. The Kier molecular flexibility index (Phi) is 2.27. The number of nitrogen functional groups attached to an aromatic ring is 1. The van der Waals surface area contributed by atoms with E-state index in [-0.39, 0.29) is 0 Å². The molecule has 0 radical (unpaired) electrons. The van der Waals surface area contributed by atoms with E-state index in [2.05, 4.69) is 27.8 Å². The lowest BCUT2D eigenvalue weighted by atomic mass is 10.1. The molecule has 0 atom stereocenters. The van der Waals surface area contributed by atoms with Gasteiger partial charge in [-0.25, -0.2) is 0 Å². The number of rotatable bonds is 1. The molecule has 0 amide bonds. The number of fused-ring (bicyclic) bond motifs is 3. The normalized spacial score (nSPS) is 11.2. The highest BCUT2D eigenvalue weighted by Gasteiger charge is 2.13. The van der Waals surface area contributed by atoms with Crippen molar-refractivity contribution in [3.05, 3.63) is 67.0 Å². The summed E-state index contributed by atoms with van der Waals surface area (Å²) in [5.74, 6) is 0. The summed E-state index contributed by atoms with van der Waals surface area (Å²) >= 11 is 0. The van der Waals surface area contributed by atoms with E-state index in [0.29, 0.717) is 0 Å². The first-order chi connectivity index (χ1) is 9.86. The van der Waals surface area contributed by atoms with Gasteiger partial charge in [0.05, 0.1) is 11.0 Å². The zero-order valence-electron chi connectivity index (χ0n) is 10.8. The second kappa shape index (κ2) is 4.10. The molecule has 0 aliphatic heterocycles. The number of nitrogens with zero attached hydrogens (tertiary/aromatic N) is 2. The first kappa shape index (κ1) is 11.1. The summed E-state index contributed by atoms with van der Waals surface area (Å²) in [6.07, 6.45) is 3.70. The van der Waals surface area contributed by atoms with Crippen molar-refractivity contribution in [1.29, 1.82) is 0 Å². The number of anilines is 1. The molecule has 0 spiro atoms. The molecular weight excluding hydrogens is 246 g/mol. The van der Waals surface area contributed by atoms with E-state index in [4.69, 9.17) is 5.73 Å². The van der Waals surface area contributed by atoms with E-state index in [1.165, 1.54) is 0 Å². The molecule has 2 aromatic carbocycles. The highest BCUT2D eigenvalue weighted by Crippen LogP contribution is 2.34. The summed E-state index contributed by atoms with van der Waals surface area (Å²) in [5.41, 5.74) is 10.3. The molecule has 0 aliphatic rings. The molecule has 2 N–H and O–H groups in total. The zero-order valence-corrected chi connectivity index (χ0v) is 10.8. The first-order valence-corrected chi connectivity index (χ1v) is 6.54. The monoisotopic (exact) mass is 259 g/mol. The minimum Gasteiger partial charge on any atom is -0.398 e. The lowest BCUT2D eigenvalue weighted by Gasteiger charge is -2.07. The maximum absolute atomic E-state index is 6.17. The number of benzene rings is 2. The number of nitrogens with two attached hydrogens (primary N) is 1. The molecule has 0 fully saturated rings. The molecule has 0 aliphatic carbocycles. The number of aromatic nitrogens is 2. The van der Waals surface area contributed by atoms with Gasteiger partial charge in [-0.15, -0.1) is 0 Å². The lowest BCUT2D eigenvalue weighted by Crippen LogP contribution is -1.93. The van der Waals surface area contributed by atoms with Gasteiger partial charge in [-0.05, 0) is 30.3 Å². The Morgan fingerprint density at radius 3 is 2.55 bits per heavy atom. The van der Waals surface area contributed by atoms with Gasteiger partial charge in [0.1, 0.15) is 0 Å². The van der Waals surface area contributed by atoms with Crippen molar-refractivity contribution >= 4 is 27.5 Å². The molecule has 3 nitrogen and oxygen atoms in total. The zero-order chi connectivity index (χ0) is 13.5. The Hall–Kier alpha value is -2.81. The van der Waals surface area contributed by atoms with Crippen LogP contribution in [-0.2, 0) is 0 Å². The third-order valence-corrected chi connectivity index (χ3v) is 3.64. The molecule has 0 bridgehead atoms. The van der Waals surface area contributed by atoms with Crippen molar-refractivity contribution in [3.63, 3.8) is 0 Å². The van der Waals surface area contributed by atoms with Crippen LogP contribution in [0.4, 0.5) is 5.69 Å². The molecule has 0 saturated carbocycles. The van der Waals surface area contributed by atoms with Gasteiger partial charge in [-0.1, -0.05) is 24.3 Å². The van der Waals surface area contributed by atoms with Crippen molar-refractivity contribution in [2.75, 3.05) is 5.73 Å². The smallest absolute Gasteiger partial charge is 0.0572 e. The number of pyridine rings is 1. The maximum Gasteiger partial charge on any atom is 0.0572 e. The molecular formula is C17H13N3. The minimum atomic E-state index is 0.787. The summed E-state index contributed by atoms with van der Waals surface area (Å²) in [7, 11) is 0. The largest absolute Gasteiger partial charge is 0.398 e. The molecule has 96 valence electrons. The van der Waals surface area contributed by atoms with Crippen LogP contribution in [0.15, 0.2) is 67.0 Å². The second-order valence-electron chi connectivity index (χ2n) is 4.81. The van der Waals surface area contributed by atoms with E-state index in [9.17, 15) is 0 Å². The first-order valence-electron chi connectivity index (χ1n) is 6.54. The molecule has 2 aromatic heterocycles. The van der Waals surface area contributed by atoms with E-state index < -0.39 is 0 Å². The molecule has 0 unspecified atom stereocenters. The van der Waals surface area contributed by atoms with Gasteiger partial charge < -0.3 is 10.3 Å². The number of hydrogen-bond acceptors (Lipinski definition) is 2. The Labute approximate surface area is 116 Å². The van der Waals surface area contributed by atoms with Crippen LogP contribution in [0.2, 0.25) is 0 Å². The van der Waals surface area contributed by atoms with Crippen LogP contribution in [0.25, 0.3) is 27.5 Å². The fraction of sp³-hybridized carbons (Fsp3) is 0. The van der Waals surface area contributed by atoms with Crippen molar-refractivity contribution in [1.82, 2.24) is 9.55 Å². The fourth-order valence-corrected chi connectivity index (χ4v) is 2.80. The molecule has 3 heteroatoms. The predicted octanol–water partition coefficient (Wildman–Crippen LogP) is 3.76. The lowest BCUT2D eigenvalue weighted by molar-refractivity contribution is 1.17. The third kappa shape index (κ3) is 1.43. The van der Waals surface area contributed by atoms with E-state index in [1.54, 1.807) is 0 Å². The standard InChI is InChI=1S/C17H13N3/c18-14-7-4-8-16-17(14)13-11-19-10-9-15(13)20(16)12-5-2-1-3-6-12/h1-11H,18H2. The van der Waals surface area contributed by atoms with Crippen LogP contribution < -0.4 is 5.73 Å². The average molecular weight is 259 g/mol. The van der Waals surface area contributed by atoms with Crippen LogP contribution in [0.1, 0.15) is 0 Å². The van der Waals surface area contributed by atoms with Crippen molar-refractivity contribution in [2.24, 2.45) is 0 Å². The van der Waals surface area contributed by atoms with Gasteiger partial charge in [-0.2, -0.15) is 0 Å². The van der Waals surface area contributed by atoms with Gasteiger partial charge in [0, 0.05) is 34.5 Å². The van der Waals surface area contributed by atoms with Gasteiger partial charge in [-0.3, -0.25) is 4.98 Å². The Morgan fingerprint density at radius 1 is 0.850 bits per heavy atom. The van der Waals surface area contributed by atoms with Crippen molar-refractivity contribution < 1.29 is 0 Å². The second-order valence-corrected chi connectivity index (χ2v) is 4.81. The molecule has 2 heterocycles.